The van der Waals surface area contributed by atoms with Gasteiger partial charge in [0.2, 0.25) is 5.91 Å². The predicted molar refractivity (Wildman–Crippen MR) is 100 cm³/mol. The van der Waals surface area contributed by atoms with Crippen molar-refractivity contribution < 1.29 is 19.6 Å². The summed E-state index contributed by atoms with van der Waals surface area (Å²) in [5.74, 6) is 0.595. The van der Waals surface area contributed by atoms with Gasteiger partial charge in [-0.3, -0.25) is 9.59 Å². The molecule has 2 amide bonds. The van der Waals surface area contributed by atoms with Crippen molar-refractivity contribution in [1.82, 2.24) is 0 Å². The number of nitrogens with zero attached hydrogens (tertiary/aromatic N) is 1. The highest BCUT2D eigenvalue weighted by Gasteiger charge is 2.41. The number of rotatable bonds is 7. The minimum Gasteiger partial charge on any atom is -0.497 e. The largest absolute Gasteiger partial charge is 0.497 e. The van der Waals surface area contributed by atoms with Crippen molar-refractivity contribution in [3.63, 3.8) is 0 Å². The molecule has 1 heterocycles. The number of carbonyl (C=O) groups is 2. The van der Waals surface area contributed by atoms with Crippen LogP contribution >= 0.6 is 0 Å². The maximum Gasteiger partial charge on any atom is 0.292 e. The second-order valence-corrected chi connectivity index (χ2v) is 6.52. The van der Waals surface area contributed by atoms with Gasteiger partial charge in [-0.2, -0.15) is 0 Å². The Bertz CT molecular complexity index is 769. The van der Waals surface area contributed by atoms with E-state index in [9.17, 15) is 9.59 Å². The Morgan fingerprint density at radius 3 is 2.31 bits per heavy atom. The minimum absolute atomic E-state index is 0.117. The van der Waals surface area contributed by atoms with Crippen molar-refractivity contribution in [3.05, 3.63) is 59.7 Å². The van der Waals surface area contributed by atoms with E-state index in [-0.39, 0.29) is 24.3 Å². The number of hydrogen-bond acceptors (Lipinski definition) is 3. The first-order valence-corrected chi connectivity index (χ1v) is 9.04. The highest BCUT2D eigenvalue weighted by Crippen LogP contribution is 2.22. The Balaban J connectivity index is 1.57. The molecule has 5 heteroatoms. The van der Waals surface area contributed by atoms with E-state index < -0.39 is 0 Å². The highest BCUT2D eigenvalue weighted by molar-refractivity contribution is 6.21. The Morgan fingerprint density at radius 2 is 1.69 bits per heavy atom. The first kappa shape index (κ1) is 18.1. The molecule has 1 aliphatic rings. The number of hydrogen-bond donors (Lipinski definition) is 1. The zero-order valence-electron chi connectivity index (χ0n) is 15.3. The summed E-state index contributed by atoms with van der Waals surface area (Å²) in [5.41, 5.74) is 3.05. The second-order valence-electron chi connectivity index (χ2n) is 6.52. The normalized spacial score (nSPS) is 17.0. The van der Waals surface area contributed by atoms with Crippen molar-refractivity contribution in [2.24, 2.45) is 0 Å². The number of ether oxygens (including phenoxy) is 1. The summed E-state index contributed by atoms with van der Waals surface area (Å²) >= 11 is 0. The van der Waals surface area contributed by atoms with Gasteiger partial charge < -0.3 is 10.1 Å². The van der Waals surface area contributed by atoms with Crippen molar-refractivity contribution in [1.29, 1.82) is 0 Å². The molecular weight excluding hydrogens is 328 g/mol. The van der Waals surface area contributed by atoms with Gasteiger partial charge in [0.1, 0.15) is 5.75 Å². The van der Waals surface area contributed by atoms with Crippen LogP contribution in [-0.2, 0) is 22.4 Å². The fourth-order valence-corrected chi connectivity index (χ4v) is 3.23. The molecule has 1 fully saturated rings. The van der Waals surface area contributed by atoms with Crippen molar-refractivity contribution >= 4 is 17.5 Å². The SMILES string of the molecule is CCc1ccc(N2C(=O)C[C@@H]([NH2+]CCc3ccc(OC)cc3)C2=O)cc1. The van der Waals surface area contributed by atoms with E-state index in [2.05, 4.69) is 6.92 Å². The van der Waals surface area contributed by atoms with E-state index in [4.69, 9.17) is 4.74 Å². The molecule has 5 nitrogen and oxygen atoms in total. The Kier molecular flexibility index (Phi) is 5.68. The summed E-state index contributed by atoms with van der Waals surface area (Å²) in [6.07, 6.45) is 2.04. The fraction of sp³-hybridized carbons (Fsp3) is 0.333. The third-order valence-corrected chi connectivity index (χ3v) is 4.83. The number of nitrogens with two attached hydrogens (primary N) is 1. The van der Waals surface area contributed by atoms with E-state index in [1.54, 1.807) is 7.11 Å². The van der Waals surface area contributed by atoms with Gasteiger partial charge in [-0.25, -0.2) is 4.90 Å². The van der Waals surface area contributed by atoms with Gasteiger partial charge in [0, 0.05) is 6.42 Å². The van der Waals surface area contributed by atoms with Gasteiger partial charge in [-0.15, -0.1) is 0 Å². The van der Waals surface area contributed by atoms with E-state index >= 15 is 0 Å². The summed E-state index contributed by atoms with van der Waals surface area (Å²) in [4.78, 5) is 26.3. The minimum atomic E-state index is -0.327. The number of amides is 2. The number of quaternary nitrogens is 1. The van der Waals surface area contributed by atoms with Crippen LogP contribution < -0.4 is 15.0 Å². The lowest BCUT2D eigenvalue weighted by molar-refractivity contribution is -0.674. The first-order chi connectivity index (χ1) is 12.6. The first-order valence-electron chi connectivity index (χ1n) is 9.04. The summed E-state index contributed by atoms with van der Waals surface area (Å²) < 4.78 is 5.15. The van der Waals surface area contributed by atoms with Crippen molar-refractivity contribution in [2.45, 2.75) is 32.2 Å². The Morgan fingerprint density at radius 1 is 1.04 bits per heavy atom. The molecule has 1 aliphatic heterocycles. The quantitative estimate of drug-likeness (QED) is 0.771. The average molecular weight is 353 g/mol. The lowest BCUT2D eigenvalue weighted by Crippen LogP contribution is -2.92. The molecule has 0 aliphatic carbocycles. The van der Waals surface area contributed by atoms with Gasteiger partial charge in [0.15, 0.2) is 6.04 Å². The van der Waals surface area contributed by atoms with Crippen LogP contribution in [0.15, 0.2) is 48.5 Å². The van der Waals surface area contributed by atoms with Gasteiger partial charge in [-0.1, -0.05) is 31.2 Å². The maximum absolute atomic E-state index is 12.7. The van der Waals surface area contributed by atoms with Crippen LogP contribution in [0, 0.1) is 0 Å². The van der Waals surface area contributed by atoms with E-state index in [1.165, 1.54) is 16.0 Å². The maximum atomic E-state index is 12.7. The van der Waals surface area contributed by atoms with Crippen LogP contribution in [0.2, 0.25) is 0 Å². The predicted octanol–water partition coefficient (Wildman–Crippen LogP) is 1.70. The molecule has 1 saturated heterocycles. The van der Waals surface area contributed by atoms with Crippen LogP contribution in [0.3, 0.4) is 0 Å². The number of methoxy groups -OCH3 is 1. The number of anilines is 1. The molecule has 2 aromatic rings. The zero-order valence-corrected chi connectivity index (χ0v) is 15.3. The van der Waals surface area contributed by atoms with Crippen LogP contribution in [0.4, 0.5) is 5.69 Å². The lowest BCUT2D eigenvalue weighted by Gasteiger charge is -2.14. The summed E-state index contributed by atoms with van der Waals surface area (Å²) in [7, 11) is 1.65. The molecule has 0 bridgehead atoms. The zero-order chi connectivity index (χ0) is 18.5. The third-order valence-electron chi connectivity index (χ3n) is 4.83. The fourth-order valence-electron chi connectivity index (χ4n) is 3.23. The third kappa shape index (κ3) is 3.94. The standard InChI is InChI=1S/C21H24N2O3/c1-3-15-4-8-17(9-5-15)23-20(24)14-19(21(23)25)22-13-12-16-6-10-18(26-2)11-7-16/h4-11,19,22H,3,12-14H2,1-2H3/p+1/t19-/m1/s1. The molecule has 2 aromatic carbocycles. The number of imide groups is 1. The summed E-state index contributed by atoms with van der Waals surface area (Å²) in [6, 6.07) is 15.2. The molecule has 3 rings (SSSR count). The van der Waals surface area contributed by atoms with E-state index in [1.807, 2.05) is 53.8 Å². The molecule has 1 atom stereocenters. The molecule has 0 radical (unpaired) electrons. The van der Waals surface area contributed by atoms with Crippen LogP contribution in [0.25, 0.3) is 0 Å². The molecule has 0 spiro atoms. The van der Waals surface area contributed by atoms with Gasteiger partial charge in [0.25, 0.3) is 5.91 Å². The van der Waals surface area contributed by atoms with Crippen LogP contribution in [0.5, 0.6) is 5.75 Å². The van der Waals surface area contributed by atoms with Gasteiger partial charge in [-0.05, 0) is 41.8 Å². The van der Waals surface area contributed by atoms with Gasteiger partial charge in [0.05, 0.1) is 25.8 Å². The second kappa shape index (κ2) is 8.15. The monoisotopic (exact) mass is 353 g/mol. The number of aryl methyl sites for hydroxylation is 1. The molecule has 2 N–H and O–H groups in total. The lowest BCUT2D eigenvalue weighted by atomic mass is 10.1. The summed E-state index contributed by atoms with van der Waals surface area (Å²) in [6.45, 7) is 2.84. The number of carbonyl (C=O) groups excluding carboxylic acids is 2. The highest BCUT2D eigenvalue weighted by atomic mass is 16.5. The number of benzene rings is 2. The molecule has 26 heavy (non-hydrogen) atoms. The molecular formula is C21H25N2O3+. The summed E-state index contributed by atoms with van der Waals surface area (Å²) in [5, 5.41) is 1.98. The topological polar surface area (TPSA) is 63.2 Å². The molecule has 0 saturated carbocycles. The van der Waals surface area contributed by atoms with Crippen LogP contribution in [-0.4, -0.2) is 31.5 Å². The average Bonchev–Trinajstić information content (AvgIpc) is 2.96. The van der Waals surface area contributed by atoms with Crippen LogP contribution in [0.1, 0.15) is 24.5 Å². The smallest absolute Gasteiger partial charge is 0.292 e. The molecule has 136 valence electrons. The van der Waals surface area contributed by atoms with Gasteiger partial charge >= 0.3 is 0 Å². The Labute approximate surface area is 154 Å². The Hall–Kier alpha value is -2.66. The van der Waals surface area contributed by atoms with Crippen molar-refractivity contribution in [3.8, 4) is 5.75 Å². The van der Waals surface area contributed by atoms with E-state index in [0.29, 0.717) is 5.69 Å². The molecule has 0 aromatic heterocycles. The van der Waals surface area contributed by atoms with Crippen molar-refractivity contribution in [2.75, 3.05) is 18.6 Å². The van der Waals surface area contributed by atoms with E-state index in [0.717, 1.165) is 25.1 Å². The molecule has 0 unspecified atom stereocenters.